The topological polar surface area (TPSA) is 79.9 Å². The third-order valence-electron chi connectivity index (χ3n) is 4.30. The van der Waals surface area contributed by atoms with E-state index in [4.69, 9.17) is 9.47 Å². The molecule has 3 rings (SSSR count). The Morgan fingerprint density at radius 1 is 1.28 bits per heavy atom. The third-order valence-corrected chi connectivity index (χ3v) is 4.30. The number of amides is 3. The third kappa shape index (κ3) is 4.15. The summed E-state index contributed by atoms with van der Waals surface area (Å²) in [7, 11) is 0. The molecule has 0 spiro atoms. The first-order valence-corrected chi connectivity index (χ1v) is 8.73. The first-order chi connectivity index (χ1) is 11.9. The molecule has 7 nitrogen and oxygen atoms in total. The summed E-state index contributed by atoms with van der Waals surface area (Å²) in [6.45, 7) is 6.70. The fraction of sp³-hybridized carbons (Fsp3) is 0.556. The summed E-state index contributed by atoms with van der Waals surface area (Å²) >= 11 is 0. The van der Waals surface area contributed by atoms with Crippen molar-refractivity contribution in [2.75, 3.05) is 18.4 Å². The number of hydrogen-bond acceptors (Lipinski definition) is 4. The number of piperidine rings is 1. The van der Waals surface area contributed by atoms with Crippen molar-refractivity contribution < 1.29 is 19.1 Å². The van der Waals surface area contributed by atoms with Crippen LogP contribution in [0, 0.1) is 0 Å². The molecule has 2 aliphatic rings. The summed E-state index contributed by atoms with van der Waals surface area (Å²) in [6.07, 6.45) is 2.22. The van der Waals surface area contributed by atoms with Gasteiger partial charge in [-0.3, -0.25) is 4.79 Å². The summed E-state index contributed by atoms with van der Waals surface area (Å²) in [5.74, 6) is 0.617. The molecule has 2 aliphatic heterocycles. The first-order valence-electron chi connectivity index (χ1n) is 8.73. The highest BCUT2D eigenvalue weighted by Gasteiger charge is 2.32. The predicted octanol–water partition coefficient (Wildman–Crippen LogP) is 2.72. The van der Waals surface area contributed by atoms with Gasteiger partial charge in [0.2, 0.25) is 11.7 Å². The molecule has 0 radical (unpaired) electrons. The standard InChI is InChI=1S/C18H25N3O4/c1-4-16(22)19-13-6-5-9-21(11-13)17(23)20-12-7-8-14-15(10-12)25-18(2,3)24-14/h7-8,10,13H,4-6,9,11H2,1-3H3,(H,19,22)(H,20,23)/t13-/m1/s1. The van der Waals surface area contributed by atoms with Gasteiger partial charge in [0.05, 0.1) is 0 Å². The minimum absolute atomic E-state index is 0.0181. The SMILES string of the molecule is CCC(=O)N[C@@H]1CCCN(C(=O)Nc2ccc3c(c2)OC(C)(C)O3)C1. The van der Waals surface area contributed by atoms with Crippen LogP contribution in [0.2, 0.25) is 0 Å². The van der Waals surface area contributed by atoms with Crippen molar-refractivity contribution in [1.82, 2.24) is 10.2 Å². The predicted molar refractivity (Wildman–Crippen MR) is 93.8 cm³/mol. The van der Waals surface area contributed by atoms with Gasteiger partial charge in [-0.1, -0.05) is 6.92 Å². The van der Waals surface area contributed by atoms with Crippen molar-refractivity contribution >= 4 is 17.6 Å². The number of carbonyl (C=O) groups excluding carboxylic acids is 2. The van der Waals surface area contributed by atoms with Gasteiger partial charge in [-0.15, -0.1) is 0 Å². The maximum atomic E-state index is 12.5. The van der Waals surface area contributed by atoms with Gasteiger partial charge in [-0.2, -0.15) is 0 Å². The van der Waals surface area contributed by atoms with Crippen LogP contribution in [0.15, 0.2) is 18.2 Å². The van der Waals surface area contributed by atoms with Crippen molar-refractivity contribution in [3.63, 3.8) is 0 Å². The number of nitrogens with zero attached hydrogens (tertiary/aromatic N) is 1. The molecule has 0 saturated carbocycles. The fourth-order valence-electron chi connectivity index (χ4n) is 3.11. The maximum absolute atomic E-state index is 12.5. The molecule has 0 aromatic heterocycles. The Morgan fingerprint density at radius 2 is 2.04 bits per heavy atom. The molecule has 1 atom stereocenters. The Labute approximate surface area is 147 Å². The Hall–Kier alpha value is -2.44. The van der Waals surface area contributed by atoms with Crippen LogP contribution in [-0.4, -0.2) is 41.8 Å². The monoisotopic (exact) mass is 347 g/mol. The number of hydrogen-bond donors (Lipinski definition) is 2. The fourth-order valence-corrected chi connectivity index (χ4v) is 3.11. The zero-order valence-electron chi connectivity index (χ0n) is 14.9. The van der Waals surface area contributed by atoms with Gasteiger partial charge >= 0.3 is 6.03 Å². The number of rotatable bonds is 3. The van der Waals surface area contributed by atoms with E-state index in [1.165, 1.54) is 0 Å². The number of benzene rings is 1. The lowest BCUT2D eigenvalue weighted by molar-refractivity contribution is -0.121. The summed E-state index contributed by atoms with van der Waals surface area (Å²) in [6, 6.07) is 5.20. The number of urea groups is 1. The second-order valence-corrected chi connectivity index (χ2v) is 6.90. The van der Waals surface area contributed by atoms with Crippen LogP contribution in [0.3, 0.4) is 0 Å². The van der Waals surface area contributed by atoms with Gasteiger partial charge < -0.3 is 25.0 Å². The van der Waals surface area contributed by atoms with Crippen LogP contribution in [0.5, 0.6) is 11.5 Å². The average molecular weight is 347 g/mol. The summed E-state index contributed by atoms with van der Waals surface area (Å²) in [5, 5.41) is 5.86. The van der Waals surface area contributed by atoms with E-state index < -0.39 is 5.79 Å². The van der Waals surface area contributed by atoms with Gasteiger partial charge in [0.25, 0.3) is 0 Å². The van der Waals surface area contributed by atoms with E-state index in [-0.39, 0.29) is 18.0 Å². The second-order valence-electron chi connectivity index (χ2n) is 6.90. The van der Waals surface area contributed by atoms with Gasteiger partial charge in [0.15, 0.2) is 11.5 Å². The number of ether oxygens (including phenoxy) is 2. The van der Waals surface area contributed by atoms with E-state index in [0.717, 1.165) is 12.8 Å². The summed E-state index contributed by atoms with van der Waals surface area (Å²) in [5.41, 5.74) is 0.657. The normalized spacial score (nSPS) is 20.9. The lowest BCUT2D eigenvalue weighted by Crippen LogP contribution is -2.50. The van der Waals surface area contributed by atoms with E-state index >= 15 is 0 Å². The molecule has 2 heterocycles. The van der Waals surface area contributed by atoms with E-state index in [1.54, 1.807) is 23.1 Å². The smallest absolute Gasteiger partial charge is 0.321 e. The van der Waals surface area contributed by atoms with Crippen molar-refractivity contribution in [3.8, 4) is 11.5 Å². The highest BCUT2D eigenvalue weighted by molar-refractivity contribution is 5.90. The number of fused-ring (bicyclic) bond motifs is 1. The highest BCUT2D eigenvalue weighted by Crippen LogP contribution is 2.40. The Kier molecular flexibility index (Phi) is 4.74. The molecule has 25 heavy (non-hydrogen) atoms. The number of carbonyl (C=O) groups is 2. The molecular weight excluding hydrogens is 322 g/mol. The molecular formula is C18H25N3O4. The minimum Gasteiger partial charge on any atom is -0.449 e. The largest absolute Gasteiger partial charge is 0.449 e. The Bertz CT molecular complexity index is 674. The second kappa shape index (κ2) is 6.82. The molecule has 1 aromatic carbocycles. The molecule has 136 valence electrons. The van der Waals surface area contributed by atoms with Crippen LogP contribution >= 0.6 is 0 Å². The Morgan fingerprint density at radius 3 is 2.80 bits per heavy atom. The van der Waals surface area contributed by atoms with E-state index in [2.05, 4.69) is 10.6 Å². The number of nitrogens with one attached hydrogen (secondary N) is 2. The van der Waals surface area contributed by atoms with Crippen molar-refractivity contribution in [2.24, 2.45) is 0 Å². The van der Waals surface area contributed by atoms with Crippen molar-refractivity contribution in [3.05, 3.63) is 18.2 Å². The first kappa shape index (κ1) is 17.4. The van der Waals surface area contributed by atoms with E-state index in [9.17, 15) is 9.59 Å². The zero-order valence-corrected chi connectivity index (χ0v) is 14.9. The molecule has 0 aliphatic carbocycles. The lowest BCUT2D eigenvalue weighted by atomic mass is 10.1. The van der Waals surface area contributed by atoms with Crippen molar-refractivity contribution in [2.45, 2.75) is 51.9 Å². The molecule has 0 unspecified atom stereocenters. The summed E-state index contributed by atoms with van der Waals surface area (Å²) < 4.78 is 11.3. The van der Waals surface area contributed by atoms with Crippen LogP contribution < -0.4 is 20.1 Å². The molecule has 7 heteroatoms. The average Bonchev–Trinajstić information content (AvgIpc) is 2.88. The quantitative estimate of drug-likeness (QED) is 0.881. The summed E-state index contributed by atoms with van der Waals surface area (Å²) in [4.78, 5) is 25.8. The highest BCUT2D eigenvalue weighted by atomic mass is 16.7. The molecule has 1 fully saturated rings. The van der Waals surface area contributed by atoms with Gasteiger partial charge in [0, 0.05) is 51.2 Å². The van der Waals surface area contributed by atoms with E-state index in [1.807, 2.05) is 20.8 Å². The molecule has 3 amide bonds. The van der Waals surface area contributed by atoms with E-state index in [0.29, 0.717) is 36.7 Å². The number of likely N-dealkylation sites (tertiary alicyclic amines) is 1. The molecule has 1 aromatic rings. The van der Waals surface area contributed by atoms with Gasteiger partial charge in [-0.05, 0) is 25.0 Å². The number of anilines is 1. The van der Waals surface area contributed by atoms with Crippen molar-refractivity contribution in [1.29, 1.82) is 0 Å². The van der Waals surface area contributed by atoms with Crippen LogP contribution in [-0.2, 0) is 4.79 Å². The van der Waals surface area contributed by atoms with Crippen LogP contribution in [0.1, 0.15) is 40.0 Å². The molecule has 2 N–H and O–H groups in total. The zero-order chi connectivity index (χ0) is 18.0. The van der Waals surface area contributed by atoms with Crippen LogP contribution in [0.4, 0.5) is 10.5 Å². The molecule has 0 bridgehead atoms. The maximum Gasteiger partial charge on any atom is 0.321 e. The minimum atomic E-state index is -0.692. The van der Waals surface area contributed by atoms with Gasteiger partial charge in [0.1, 0.15) is 0 Å². The lowest BCUT2D eigenvalue weighted by Gasteiger charge is -2.33. The Balaban J connectivity index is 1.60. The molecule has 1 saturated heterocycles. The van der Waals surface area contributed by atoms with Gasteiger partial charge in [-0.25, -0.2) is 4.79 Å². The van der Waals surface area contributed by atoms with Crippen LogP contribution in [0.25, 0.3) is 0 Å².